The highest BCUT2D eigenvalue weighted by Gasteiger charge is 2.08. The summed E-state index contributed by atoms with van der Waals surface area (Å²) < 4.78 is 8.57. The second-order valence-electron chi connectivity index (χ2n) is 5.91. The van der Waals surface area contributed by atoms with Crippen molar-refractivity contribution in [1.82, 2.24) is 4.57 Å². The van der Waals surface area contributed by atoms with E-state index in [1.807, 2.05) is 67.1 Å². The van der Waals surface area contributed by atoms with Gasteiger partial charge in [0.15, 0.2) is 0 Å². The molecule has 0 radical (unpaired) electrons. The average molecular weight is 383 g/mol. The molecule has 0 unspecified atom stereocenters. The van der Waals surface area contributed by atoms with Crippen LogP contribution in [0.25, 0.3) is 10.2 Å². The first-order valence-electron chi connectivity index (χ1n) is 8.68. The van der Waals surface area contributed by atoms with Crippen LogP contribution in [0.5, 0.6) is 5.75 Å². The molecule has 140 valence electrons. The molecule has 6 nitrogen and oxygen atoms in total. The Morgan fingerprint density at radius 2 is 1.89 bits per heavy atom. The van der Waals surface area contributed by atoms with E-state index >= 15 is 0 Å². The van der Waals surface area contributed by atoms with Crippen molar-refractivity contribution in [3.63, 3.8) is 0 Å². The highest BCUT2D eigenvalue weighted by Crippen LogP contribution is 2.17. The topological polar surface area (TPSA) is 76.2 Å². The normalized spacial score (nSPS) is 12.5. The van der Waals surface area contributed by atoms with Crippen LogP contribution in [-0.2, 0) is 11.8 Å². The lowest BCUT2D eigenvalue weighted by molar-refractivity contribution is -0.136. The van der Waals surface area contributed by atoms with E-state index in [-0.39, 0.29) is 6.42 Å². The summed E-state index contributed by atoms with van der Waals surface area (Å²) in [7, 11) is 1.95. The van der Waals surface area contributed by atoms with Gasteiger partial charge in [0.05, 0.1) is 29.0 Å². The number of aryl methyl sites for hydroxylation is 1. The van der Waals surface area contributed by atoms with Gasteiger partial charge in [0, 0.05) is 13.5 Å². The summed E-state index contributed by atoms with van der Waals surface area (Å²) >= 11 is 1.55. The number of fused-ring (bicyclic) bond motifs is 1. The van der Waals surface area contributed by atoms with Gasteiger partial charge in [-0.2, -0.15) is 5.10 Å². The van der Waals surface area contributed by atoms with Gasteiger partial charge in [-0.3, -0.25) is 4.79 Å². The summed E-state index contributed by atoms with van der Waals surface area (Å²) in [5.41, 5.74) is 2.56. The molecule has 0 saturated carbocycles. The smallest absolute Gasteiger partial charge is 0.303 e. The molecule has 2 aromatic carbocycles. The first kappa shape index (κ1) is 18.8. The lowest BCUT2D eigenvalue weighted by Gasteiger charge is -2.06. The maximum Gasteiger partial charge on any atom is 0.303 e. The Balaban J connectivity index is 1.98. The lowest BCUT2D eigenvalue weighted by Crippen LogP contribution is -2.10. The highest BCUT2D eigenvalue weighted by molar-refractivity contribution is 7.16. The van der Waals surface area contributed by atoms with Crippen molar-refractivity contribution in [2.45, 2.75) is 19.8 Å². The first-order valence-corrected chi connectivity index (χ1v) is 9.50. The zero-order chi connectivity index (χ0) is 19.2. The molecule has 0 atom stereocenters. The third kappa shape index (κ3) is 4.62. The number of benzene rings is 2. The van der Waals surface area contributed by atoms with Crippen molar-refractivity contribution in [3.8, 4) is 5.75 Å². The minimum Gasteiger partial charge on any atom is -0.494 e. The number of carbonyl (C=O) groups is 1. The van der Waals surface area contributed by atoms with E-state index in [0.29, 0.717) is 18.7 Å². The number of hydrogen-bond acceptors (Lipinski definition) is 5. The van der Waals surface area contributed by atoms with Crippen molar-refractivity contribution in [2.75, 3.05) is 6.61 Å². The number of para-hydroxylation sites is 1. The number of thiazole rings is 1. The molecule has 0 fully saturated rings. The second kappa shape index (κ2) is 8.64. The fourth-order valence-electron chi connectivity index (χ4n) is 2.67. The number of nitrogens with zero attached hydrogens (tertiary/aromatic N) is 3. The van der Waals surface area contributed by atoms with Crippen molar-refractivity contribution in [1.29, 1.82) is 0 Å². The summed E-state index contributed by atoms with van der Waals surface area (Å²) in [4.78, 5) is 11.8. The third-order valence-electron chi connectivity index (χ3n) is 4.05. The largest absolute Gasteiger partial charge is 0.494 e. The molecule has 0 aliphatic carbocycles. The molecule has 0 spiro atoms. The number of ether oxygens (including phenoxy) is 1. The molecule has 0 aliphatic heterocycles. The molecular weight excluding hydrogens is 362 g/mol. The number of aliphatic carboxylic acids is 1. The lowest BCUT2D eigenvalue weighted by atomic mass is 10.1. The summed E-state index contributed by atoms with van der Waals surface area (Å²) in [6, 6.07) is 15.5. The highest BCUT2D eigenvalue weighted by atomic mass is 32.1. The molecule has 1 heterocycles. The molecule has 7 heteroatoms. The van der Waals surface area contributed by atoms with Crippen LogP contribution in [0.15, 0.2) is 58.7 Å². The summed E-state index contributed by atoms with van der Waals surface area (Å²) in [6.07, 6.45) is 0.307. The van der Waals surface area contributed by atoms with Gasteiger partial charge in [-0.05, 0) is 48.9 Å². The first-order chi connectivity index (χ1) is 13.1. The molecule has 0 saturated heterocycles. The molecular formula is C20H21N3O3S. The fourth-order valence-corrected chi connectivity index (χ4v) is 3.64. The number of carboxylic acid groups (broad SMARTS) is 1. The van der Waals surface area contributed by atoms with E-state index in [1.165, 1.54) is 0 Å². The minimum absolute atomic E-state index is 0.000105. The van der Waals surface area contributed by atoms with Gasteiger partial charge < -0.3 is 14.4 Å². The minimum atomic E-state index is -0.860. The molecule has 3 aromatic rings. The Kier molecular flexibility index (Phi) is 6.03. The number of carboxylic acids is 1. The zero-order valence-corrected chi connectivity index (χ0v) is 16.1. The number of rotatable bonds is 7. The van der Waals surface area contributed by atoms with E-state index in [0.717, 1.165) is 26.3 Å². The van der Waals surface area contributed by atoms with Gasteiger partial charge in [0.25, 0.3) is 0 Å². The maximum atomic E-state index is 11.0. The zero-order valence-electron chi connectivity index (χ0n) is 15.3. The summed E-state index contributed by atoms with van der Waals surface area (Å²) in [5.74, 6) is -0.0901. The number of hydrogen-bond donors (Lipinski definition) is 1. The molecule has 0 bridgehead atoms. The van der Waals surface area contributed by atoms with Crippen LogP contribution in [0.3, 0.4) is 0 Å². The SMILES string of the molecule is CCOc1ccc(/C(CCC(=O)O)=N\N=c2\sc3ccccc3n2C)cc1. The van der Waals surface area contributed by atoms with Crippen molar-refractivity contribution < 1.29 is 14.6 Å². The predicted molar refractivity (Wildman–Crippen MR) is 107 cm³/mol. The fraction of sp³-hybridized carbons (Fsp3) is 0.250. The summed E-state index contributed by atoms with van der Waals surface area (Å²) in [5, 5.41) is 17.8. The Morgan fingerprint density at radius 3 is 2.56 bits per heavy atom. The molecule has 1 aromatic heterocycles. The van der Waals surface area contributed by atoms with Gasteiger partial charge in [0.1, 0.15) is 5.75 Å². The van der Waals surface area contributed by atoms with E-state index in [4.69, 9.17) is 9.84 Å². The second-order valence-corrected chi connectivity index (χ2v) is 6.92. The Morgan fingerprint density at radius 1 is 1.15 bits per heavy atom. The van der Waals surface area contributed by atoms with Gasteiger partial charge in [-0.25, -0.2) is 0 Å². The van der Waals surface area contributed by atoms with E-state index in [9.17, 15) is 4.79 Å². The molecule has 0 amide bonds. The number of aromatic nitrogens is 1. The van der Waals surface area contributed by atoms with Crippen LogP contribution < -0.4 is 9.54 Å². The van der Waals surface area contributed by atoms with Crippen LogP contribution in [0.2, 0.25) is 0 Å². The molecule has 3 rings (SSSR count). The van der Waals surface area contributed by atoms with Crippen LogP contribution in [0.4, 0.5) is 0 Å². The van der Waals surface area contributed by atoms with Crippen LogP contribution in [0, 0.1) is 0 Å². The van der Waals surface area contributed by atoms with E-state index < -0.39 is 5.97 Å². The van der Waals surface area contributed by atoms with Gasteiger partial charge >= 0.3 is 5.97 Å². The van der Waals surface area contributed by atoms with Crippen LogP contribution in [0.1, 0.15) is 25.3 Å². The average Bonchev–Trinajstić information content (AvgIpc) is 2.99. The Hall–Kier alpha value is -2.93. The van der Waals surface area contributed by atoms with Crippen LogP contribution >= 0.6 is 11.3 Å². The quantitative estimate of drug-likeness (QED) is 0.498. The standard InChI is InChI=1S/C20H21N3O3S/c1-3-26-15-10-8-14(9-11-15)16(12-13-19(24)25)21-22-20-23(2)17-6-4-5-7-18(17)27-20/h4-11H,3,12-13H2,1-2H3,(H,24,25)/b21-16-,22-20+. The van der Waals surface area contributed by atoms with Crippen molar-refractivity contribution in [3.05, 3.63) is 58.9 Å². The third-order valence-corrected chi connectivity index (χ3v) is 5.15. The molecule has 1 N–H and O–H groups in total. The van der Waals surface area contributed by atoms with E-state index in [1.54, 1.807) is 11.3 Å². The summed E-state index contributed by atoms with van der Waals surface area (Å²) in [6.45, 7) is 2.52. The maximum absolute atomic E-state index is 11.0. The van der Waals surface area contributed by atoms with Gasteiger partial charge in [-0.1, -0.05) is 23.5 Å². The van der Waals surface area contributed by atoms with Crippen molar-refractivity contribution in [2.24, 2.45) is 17.3 Å². The molecule has 27 heavy (non-hydrogen) atoms. The van der Waals surface area contributed by atoms with Gasteiger partial charge in [0.2, 0.25) is 4.80 Å². The van der Waals surface area contributed by atoms with Gasteiger partial charge in [-0.15, -0.1) is 5.10 Å². The van der Waals surface area contributed by atoms with Crippen molar-refractivity contribution >= 4 is 33.2 Å². The Labute approximate surface area is 161 Å². The van der Waals surface area contributed by atoms with E-state index in [2.05, 4.69) is 10.2 Å². The van der Waals surface area contributed by atoms with Crippen LogP contribution in [-0.4, -0.2) is 28.0 Å². The predicted octanol–water partition coefficient (Wildman–Crippen LogP) is 3.81. The molecule has 0 aliphatic rings. The monoisotopic (exact) mass is 383 g/mol. The Bertz CT molecular complexity index is 1030.